The molecule has 1 aliphatic rings. The van der Waals surface area contributed by atoms with Crippen LogP contribution in [0.2, 0.25) is 0 Å². The smallest absolute Gasteiger partial charge is 0.231 e. The van der Waals surface area contributed by atoms with Crippen LogP contribution in [-0.2, 0) is 6.54 Å². The molecule has 0 bridgehead atoms. The van der Waals surface area contributed by atoms with E-state index in [0.29, 0.717) is 46.0 Å². The number of aryl methyl sites for hydroxylation is 2. The molecule has 0 fully saturated rings. The van der Waals surface area contributed by atoms with E-state index >= 15 is 0 Å². The second-order valence-electron chi connectivity index (χ2n) is 5.83. The van der Waals surface area contributed by atoms with Gasteiger partial charge in [0.2, 0.25) is 6.79 Å². The summed E-state index contributed by atoms with van der Waals surface area (Å²) in [5.41, 5.74) is 2.09. The minimum absolute atomic E-state index is 0.0170. The highest BCUT2D eigenvalue weighted by molar-refractivity contribution is 6.03. The van der Waals surface area contributed by atoms with Gasteiger partial charge in [-0.1, -0.05) is 0 Å². The van der Waals surface area contributed by atoms with E-state index in [2.05, 4.69) is 16.2 Å². The number of nitriles is 1. The van der Waals surface area contributed by atoms with Gasteiger partial charge in [0.15, 0.2) is 17.1 Å². The van der Waals surface area contributed by atoms with E-state index in [9.17, 15) is 9.90 Å². The van der Waals surface area contributed by atoms with Crippen molar-refractivity contribution >= 4 is 17.0 Å². The van der Waals surface area contributed by atoms with Crippen molar-refractivity contribution in [1.82, 2.24) is 14.8 Å². The van der Waals surface area contributed by atoms with Crippen LogP contribution in [0.1, 0.15) is 22.5 Å². The molecule has 2 aromatic heterocycles. The summed E-state index contributed by atoms with van der Waals surface area (Å²) < 4.78 is 12.2. The lowest BCUT2D eigenvalue weighted by Crippen LogP contribution is -2.23. The number of aromatic carboxylic acids is 1. The second kappa shape index (κ2) is 6.04. The van der Waals surface area contributed by atoms with Gasteiger partial charge < -0.3 is 19.4 Å². The summed E-state index contributed by atoms with van der Waals surface area (Å²) in [5, 5.41) is 25.3. The Morgan fingerprint density at radius 3 is 2.92 bits per heavy atom. The number of aromatic nitrogens is 3. The number of rotatable bonds is 4. The number of ether oxygens (including phenoxy) is 2. The lowest BCUT2D eigenvalue weighted by atomic mass is 10.1. The molecule has 0 saturated carbocycles. The SMILES string of the molecule is Cc1nn(CCC#N)c2nc(-c3ccc4c(c3)OCO4)cc(C(=O)[O-])c12. The summed E-state index contributed by atoms with van der Waals surface area (Å²) in [5.74, 6) is -0.0965. The molecular weight excluding hydrogens is 336 g/mol. The third-order valence-electron chi connectivity index (χ3n) is 4.20. The minimum atomic E-state index is -1.30. The molecule has 4 rings (SSSR count). The predicted octanol–water partition coefficient (Wildman–Crippen LogP) is 1.41. The molecule has 0 N–H and O–H groups in total. The normalized spacial score (nSPS) is 12.3. The van der Waals surface area contributed by atoms with Crippen LogP contribution in [-0.4, -0.2) is 27.5 Å². The van der Waals surface area contributed by atoms with Crippen molar-refractivity contribution in [3.63, 3.8) is 0 Å². The summed E-state index contributed by atoms with van der Waals surface area (Å²) in [6.45, 7) is 2.18. The number of carbonyl (C=O) groups is 1. The highest BCUT2D eigenvalue weighted by Crippen LogP contribution is 2.36. The highest BCUT2D eigenvalue weighted by atomic mass is 16.7. The first-order valence-electron chi connectivity index (χ1n) is 7.95. The Kier molecular flexibility index (Phi) is 3.69. The lowest BCUT2D eigenvalue weighted by Gasteiger charge is -2.10. The fourth-order valence-electron chi connectivity index (χ4n) is 3.03. The van der Waals surface area contributed by atoms with Crippen molar-refractivity contribution in [3.05, 3.63) is 35.5 Å². The number of benzene rings is 1. The number of hydrogen-bond acceptors (Lipinski definition) is 7. The van der Waals surface area contributed by atoms with E-state index < -0.39 is 5.97 Å². The van der Waals surface area contributed by atoms with Crippen LogP contribution in [0.25, 0.3) is 22.3 Å². The quantitative estimate of drug-likeness (QED) is 0.700. The Bertz CT molecular complexity index is 1080. The maximum Gasteiger partial charge on any atom is 0.231 e. The van der Waals surface area contributed by atoms with Crippen molar-refractivity contribution in [3.8, 4) is 28.8 Å². The molecule has 0 amide bonds. The first-order valence-corrected chi connectivity index (χ1v) is 7.95. The van der Waals surface area contributed by atoms with Gasteiger partial charge in [-0.3, -0.25) is 0 Å². The Hall–Kier alpha value is -3.60. The Balaban J connectivity index is 1.93. The van der Waals surface area contributed by atoms with Crippen molar-refractivity contribution in [2.75, 3.05) is 6.79 Å². The van der Waals surface area contributed by atoms with Crippen LogP contribution in [0.15, 0.2) is 24.3 Å². The van der Waals surface area contributed by atoms with Gasteiger partial charge in [-0.05, 0) is 31.2 Å². The zero-order valence-corrected chi connectivity index (χ0v) is 13.9. The van der Waals surface area contributed by atoms with Crippen LogP contribution in [0, 0.1) is 18.3 Å². The van der Waals surface area contributed by atoms with Crippen LogP contribution in [0.4, 0.5) is 0 Å². The maximum absolute atomic E-state index is 11.7. The average Bonchev–Trinajstić information content (AvgIpc) is 3.23. The molecule has 26 heavy (non-hydrogen) atoms. The number of hydrogen-bond donors (Lipinski definition) is 0. The number of carboxylic acids is 1. The van der Waals surface area contributed by atoms with E-state index in [1.165, 1.54) is 6.07 Å². The van der Waals surface area contributed by atoms with E-state index in [-0.39, 0.29) is 18.8 Å². The summed E-state index contributed by atoms with van der Waals surface area (Å²) in [4.78, 5) is 16.3. The molecule has 0 spiro atoms. The summed E-state index contributed by atoms with van der Waals surface area (Å²) >= 11 is 0. The molecule has 0 atom stereocenters. The molecule has 8 nitrogen and oxygen atoms in total. The molecule has 3 aromatic rings. The molecular formula is C18H13N4O4-. The van der Waals surface area contributed by atoms with Gasteiger partial charge in [0, 0.05) is 11.1 Å². The number of carbonyl (C=O) groups excluding carboxylic acids is 1. The van der Waals surface area contributed by atoms with Gasteiger partial charge in [0.1, 0.15) is 0 Å². The number of carboxylic acid groups (broad SMARTS) is 1. The molecule has 1 aliphatic heterocycles. The van der Waals surface area contributed by atoms with E-state index in [0.717, 1.165) is 0 Å². The average molecular weight is 349 g/mol. The number of nitrogens with zero attached hydrogens (tertiary/aromatic N) is 4. The second-order valence-corrected chi connectivity index (χ2v) is 5.83. The lowest BCUT2D eigenvalue weighted by molar-refractivity contribution is -0.254. The van der Waals surface area contributed by atoms with Crippen molar-refractivity contribution in [2.45, 2.75) is 19.9 Å². The zero-order chi connectivity index (χ0) is 18.3. The van der Waals surface area contributed by atoms with Crippen molar-refractivity contribution < 1.29 is 19.4 Å². The van der Waals surface area contributed by atoms with Gasteiger partial charge >= 0.3 is 0 Å². The Morgan fingerprint density at radius 2 is 2.15 bits per heavy atom. The molecule has 8 heteroatoms. The summed E-state index contributed by atoms with van der Waals surface area (Å²) in [7, 11) is 0. The standard InChI is InChI=1S/C18H14N4O4/c1-10-16-12(18(23)24)8-13(20-17(16)22(21-10)6-2-5-19)11-3-4-14-15(7-11)26-9-25-14/h3-4,7-8H,2,6,9H2,1H3,(H,23,24)/p-1. The summed E-state index contributed by atoms with van der Waals surface area (Å²) in [6, 6.07) is 8.81. The fraction of sp³-hybridized carbons (Fsp3) is 0.222. The molecule has 0 aliphatic carbocycles. The van der Waals surface area contributed by atoms with Gasteiger partial charge in [0.25, 0.3) is 0 Å². The first-order chi connectivity index (χ1) is 12.6. The monoisotopic (exact) mass is 349 g/mol. The van der Waals surface area contributed by atoms with Crippen LogP contribution >= 0.6 is 0 Å². The minimum Gasteiger partial charge on any atom is -0.545 e. The molecule has 0 unspecified atom stereocenters. The molecule has 3 heterocycles. The van der Waals surface area contributed by atoms with Crippen LogP contribution < -0.4 is 14.6 Å². The molecule has 130 valence electrons. The van der Waals surface area contributed by atoms with Crippen LogP contribution in [0.5, 0.6) is 11.5 Å². The Labute approximate surface area is 148 Å². The third-order valence-corrected chi connectivity index (χ3v) is 4.20. The predicted molar refractivity (Wildman–Crippen MR) is 88.4 cm³/mol. The van der Waals surface area contributed by atoms with E-state index in [4.69, 9.17) is 14.7 Å². The zero-order valence-electron chi connectivity index (χ0n) is 13.9. The van der Waals surface area contributed by atoms with Gasteiger partial charge in [-0.25, -0.2) is 9.67 Å². The third kappa shape index (κ3) is 2.50. The topological polar surface area (TPSA) is 113 Å². The number of pyridine rings is 1. The van der Waals surface area contributed by atoms with Crippen molar-refractivity contribution in [2.24, 2.45) is 0 Å². The van der Waals surface area contributed by atoms with Gasteiger partial charge in [0.05, 0.1) is 41.8 Å². The van der Waals surface area contributed by atoms with E-state index in [1.807, 2.05) is 0 Å². The number of fused-ring (bicyclic) bond motifs is 2. The maximum atomic E-state index is 11.7. The van der Waals surface area contributed by atoms with Crippen molar-refractivity contribution in [1.29, 1.82) is 5.26 Å². The van der Waals surface area contributed by atoms with Gasteiger partial charge in [-0.15, -0.1) is 0 Å². The molecule has 0 radical (unpaired) electrons. The molecule has 1 aromatic carbocycles. The highest BCUT2D eigenvalue weighted by Gasteiger charge is 2.19. The largest absolute Gasteiger partial charge is 0.545 e. The fourth-order valence-corrected chi connectivity index (χ4v) is 3.03. The first kappa shape index (κ1) is 15.9. The summed E-state index contributed by atoms with van der Waals surface area (Å²) in [6.07, 6.45) is 0.243. The van der Waals surface area contributed by atoms with Gasteiger partial charge in [-0.2, -0.15) is 10.4 Å². The molecule has 0 saturated heterocycles. The van der Waals surface area contributed by atoms with Crippen LogP contribution in [0.3, 0.4) is 0 Å². The Morgan fingerprint density at radius 1 is 1.35 bits per heavy atom. The van der Waals surface area contributed by atoms with E-state index in [1.54, 1.807) is 29.8 Å².